The Labute approximate surface area is 124 Å². The molecular weight excluding hydrogens is 272 g/mol. The molecule has 2 aliphatic heterocycles. The molecule has 20 heavy (non-hydrogen) atoms. The fourth-order valence-electron chi connectivity index (χ4n) is 2.96. The van der Waals surface area contributed by atoms with Gasteiger partial charge in [-0.15, -0.1) is 0 Å². The number of aliphatic hydroxyl groups excluding tert-OH is 1. The van der Waals surface area contributed by atoms with E-state index in [1.165, 1.54) is 5.75 Å². The van der Waals surface area contributed by atoms with Crippen LogP contribution in [0, 0.1) is 0 Å². The number of ether oxygens (including phenoxy) is 2. The molecule has 1 N–H and O–H groups in total. The van der Waals surface area contributed by atoms with Gasteiger partial charge in [0.25, 0.3) is 0 Å². The summed E-state index contributed by atoms with van der Waals surface area (Å²) >= 11 is 1.98. The van der Waals surface area contributed by atoms with Crippen LogP contribution in [0.25, 0.3) is 0 Å². The molecule has 1 spiro atoms. The van der Waals surface area contributed by atoms with E-state index in [4.69, 9.17) is 9.47 Å². The van der Waals surface area contributed by atoms with Crippen molar-refractivity contribution in [1.29, 1.82) is 0 Å². The van der Waals surface area contributed by atoms with Crippen LogP contribution in [0.5, 0.6) is 5.75 Å². The van der Waals surface area contributed by atoms with Crippen molar-refractivity contribution in [2.75, 3.05) is 18.1 Å². The van der Waals surface area contributed by atoms with Crippen LogP contribution in [0.3, 0.4) is 0 Å². The topological polar surface area (TPSA) is 38.7 Å². The van der Waals surface area contributed by atoms with E-state index in [2.05, 4.69) is 0 Å². The Morgan fingerprint density at radius 2 is 2.20 bits per heavy atom. The first kappa shape index (κ1) is 14.2. The van der Waals surface area contributed by atoms with Gasteiger partial charge in [0.05, 0.1) is 18.3 Å². The summed E-state index contributed by atoms with van der Waals surface area (Å²) < 4.78 is 12.1. The molecule has 0 radical (unpaired) electrons. The highest BCUT2D eigenvalue weighted by Gasteiger charge is 2.41. The van der Waals surface area contributed by atoms with Gasteiger partial charge in [0.1, 0.15) is 11.9 Å². The Hall–Kier alpha value is -0.710. The Morgan fingerprint density at radius 1 is 1.40 bits per heavy atom. The molecule has 0 saturated carbocycles. The summed E-state index contributed by atoms with van der Waals surface area (Å²) in [6.45, 7) is 2.58. The minimum Gasteiger partial charge on any atom is -0.490 e. The molecule has 1 aromatic carbocycles. The van der Waals surface area contributed by atoms with Crippen LogP contribution in [-0.2, 0) is 4.74 Å². The van der Waals surface area contributed by atoms with Crippen molar-refractivity contribution in [3.8, 4) is 5.75 Å². The van der Waals surface area contributed by atoms with Crippen LogP contribution in [0.15, 0.2) is 24.3 Å². The van der Waals surface area contributed by atoms with Gasteiger partial charge in [0.2, 0.25) is 0 Å². The van der Waals surface area contributed by atoms with Crippen LogP contribution in [0.4, 0.5) is 0 Å². The molecule has 0 amide bonds. The molecule has 4 heteroatoms. The highest BCUT2D eigenvalue weighted by Crippen LogP contribution is 2.39. The van der Waals surface area contributed by atoms with Crippen molar-refractivity contribution in [2.24, 2.45) is 0 Å². The number of hydrogen-bond acceptors (Lipinski definition) is 4. The molecular formula is C16H22O3S. The van der Waals surface area contributed by atoms with Gasteiger partial charge < -0.3 is 14.6 Å². The first-order valence-corrected chi connectivity index (χ1v) is 8.49. The summed E-state index contributed by atoms with van der Waals surface area (Å²) in [4.78, 5) is 0. The average molecular weight is 294 g/mol. The summed E-state index contributed by atoms with van der Waals surface area (Å²) in [6.07, 6.45) is 2.94. The van der Waals surface area contributed by atoms with Gasteiger partial charge in [0, 0.05) is 18.6 Å². The second-order valence-corrected chi connectivity index (χ2v) is 6.92. The maximum absolute atomic E-state index is 9.52. The van der Waals surface area contributed by atoms with E-state index >= 15 is 0 Å². The smallest absolute Gasteiger partial charge is 0.119 e. The van der Waals surface area contributed by atoms with Crippen LogP contribution >= 0.6 is 11.8 Å². The first-order valence-electron chi connectivity index (χ1n) is 7.33. The Morgan fingerprint density at radius 3 is 2.85 bits per heavy atom. The molecule has 0 bridgehead atoms. The van der Waals surface area contributed by atoms with Crippen LogP contribution in [0.2, 0.25) is 0 Å². The predicted octanol–water partition coefficient (Wildman–Crippen LogP) is 3.17. The second-order valence-electron chi connectivity index (χ2n) is 5.81. The lowest BCUT2D eigenvalue weighted by Gasteiger charge is -2.37. The normalized spacial score (nSPS) is 31.4. The minimum atomic E-state index is -0.425. The highest BCUT2D eigenvalue weighted by molar-refractivity contribution is 7.99. The molecule has 3 rings (SSSR count). The van der Waals surface area contributed by atoms with Crippen molar-refractivity contribution in [2.45, 2.75) is 44.0 Å². The highest BCUT2D eigenvalue weighted by atomic mass is 32.2. The number of benzene rings is 1. The molecule has 2 aliphatic rings. The monoisotopic (exact) mass is 294 g/mol. The molecule has 2 fully saturated rings. The fraction of sp³-hybridized carbons (Fsp3) is 0.625. The van der Waals surface area contributed by atoms with Crippen LogP contribution < -0.4 is 4.74 Å². The summed E-state index contributed by atoms with van der Waals surface area (Å²) in [7, 11) is 0. The third kappa shape index (κ3) is 3.13. The van der Waals surface area contributed by atoms with E-state index in [-0.39, 0.29) is 11.7 Å². The number of aliphatic hydroxyl groups is 1. The molecule has 0 aromatic heterocycles. The maximum atomic E-state index is 9.52. The van der Waals surface area contributed by atoms with Crippen LogP contribution in [0.1, 0.15) is 37.9 Å². The van der Waals surface area contributed by atoms with Crippen LogP contribution in [-0.4, -0.2) is 34.9 Å². The van der Waals surface area contributed by atoms with E-state index < -0.39 is 6.10 Å². The zero-order chi connectivity index (χ0) is 14.0. The Bertz CT molecular complexity index is 438. The standard InChI is InChI=1S/C16H22O3S/c1-12(17)13-2-4-14(5-3-13)19-15-6-8-18-16(10-15)7-9-20-11-16/h2-5,12,15,17H,6-11H2,1H3/t12-,15?,16?/m1/s1. The number of rotatable bonds is 3. The Balaban J connectivity index is 1.62. The minimum absolute atomic E-state index is 0.0626. The summed E-state index contributed by atoms with van der Waals surface area (Å²) in [5.41, 5.74) is 0.987. The number of hydrogen-bond donors (Lipinski definition) is 1. The lowest BCUT2D eigenvalue weighted by Crippen LogP contribution is -2.43. The largest absolute Gasteiger partial charge is 0.490 e. The number of thioether (sulfide) groups is 1. The third-order valence-electron chi connectivity index (χ3n) is 4.18. The van der Waals surface area contributed by atoms with Gasteiger partial charge in [-0.1, -0.05) is 12.1 Å². The van der Waals surface area contributed by atoms with Gasteiger partial charge in [-0.2, -0.15) is 11.8 Å². The van der Waals surface area contributed by atoms with E-state index in [1.807, 2.05) is 36.0 Å². The molecule has 3 atom stereocenters. The molecule has 2 heterocycles. The lowest BCUT2D eigenvalue weighted by atomic mass is 9.91. The van der Waals surface area contributed by atoms with E-state index in [0.717, 1.165) is 42.9 Å². The summed E-state index contributed by atoms with van der Waals surface area (Å²) in [5, 5.41) is 9.52. The fourth-order valence-corrected chi connectivity index (χ4v) is 4.34. The predicted molar refractivity (Wildman–Crippen MR) is 81.4 cm³/mol. The second kappa shape index (κ2) is 5.96. The third-order valence-corrected chi connectivity index (χ3v) is 5.40. The SMILES string of the molecule is C[C@@H](O)c1ccc(OC2CCOC3(CCSC3)C2)cc1. The van der Waals surface area contributed by atoms with Gasteiger partial charge in [-0.3, -0.25) is 0 Å². The lowest BCUT2D eigenvalue weighted by molar-refractivity contribution is -0.0958. The van der Waals surface area contributed by atoms with Gasteiger partial charge in [-0.05, 0) is 36.8 Å². The van der Waals surface area contributed by atoms with Crippen molar-refractivity contribution in [1.82, 2.24) is 0 Å². The first-order chi connectivity index (χ1) is 9.67. The molecule has 3 nitrogen and oxygen atoms in total. The van der Waals surface area contributed by atoms with Gasteiger partial charge >= 0.3 is 0 Å². The Kier molecular flexibility index (Phi) is 4.24. The van der Waals surface area contributed by atoms with E-state index in [0.29, 0.717) is 0 Å². The zero-order valence-corrected chi connectivity index (χ0v) is 12.7. The summed E-state index contributed by atoms with van der Waals surface area (Å²) in [5.74, 6) is 3.20. The van der Waals surface area contributed by atoms with Crippen molar-refractivity contribution in [3.05, 3.63) is 29.8 Å². The molecule has 1 aromatic rings. The average Bonchev–Trinajstić information content (AvgIpc) is 2.87. The van der Waals surface area contributed by atoms with Gasteiger partial charge in [-0.25, -0.2) is 0 Å². The quantitative estimate of drug-likeness (QED) is 0.929. The van der Waals surface area contributed by atoms with E-state index in [9.17, 15) is 5.11 Å². The van der Waals surface area contributed by atoms with Crippen molar-refractivity contribution in [3.63, 3.8) is 0 Å². The maximum Gasteiger partial charge on any atom is 0.119 e. The van der Waals surface area contributed by atoms with Crippen molar-refractivity contribution >= 4 is 11.8 Å². The molecule has 2 unspecified atom stereocenters. The zero-order valence-electron chi connectivity index (χ0n) is 11.9. The molecule has 110 valence electrons. The molecule has 2 saturated heterocycles. The summed E-state index contributed by atoms with van der Waals surface area (Å²) in [6, 6.07) is 7.77. The van der Waals surface area contributed by atoms with Crippen molar-refractivity contribution < 1.29 is 14.6 Å². The molecule has 0 aliphatic carbocycles. The van der Waals surface area contributed by atoms with Gasteiger partial charge in [0.15, 0.2) is 0 Å². The van der Waals surface area contributed by atoms with E-state index in [1.54, 1.807) is 6.92 Å².